The third kappa shape index (κ3) is 10.7. The van der Waals surface area contributed by atoms with Crippen molar-refractivity contribution in [3.05, 3.63) is 34.6 Å². The number of imidazole rings is 1. The average Bonchev–Trinajstić information content (AvgIpc) is 3.58. The topological polar surface area (TPSA) is 302 Å². The number of nitrogens with zero attached hydrogens (tertiary/aromatic N) is 9. The molecule has 0 spiro atoms. The van der Waals surface area contributed by atoms with Crippen LogP contribution in [-0.2, 0) is 19.1 Å². The van der Waals surface area contributed by atoms with Crippen LogP contribution in [0.25, 0.3) is 5.65 Å². The maximum atomic E-state index is 13.4. The molecule has 55 heavy (non-hydrogen) atoms. The van der Waals surface area contributed by atoms with Crippen LogP contribution in [0.1, 0.15) is 51.3 Å². The SMILES string of the molecule is CCNc1nc(Nc2cc(C#N)cc(N3CC[C@@H](NC(=O)OC)C(COC(=O)C(=NC(=O)[C@@H](N)CCCN=C(N)N)C(C)C)C3)c2Cl)nn2c(C#N)cnc12. The summed E-state index contributed by atoms with van der Waals surface area (Å²) in [4.78, 5) is 57.0. The zero-order chi connectivity index (χ0) is 40.2. The van der Waals surface area contributed by atoms with Gasteiger partial charge in [-0.3, -0.25) is 9.79 Å². The molecule has 1 saturated heterocycles. The number of nitrogens with two attached hydrogens (primary N) is 3. The number of fused-ring (bicyclic) bond motifs is 1. The van der Waals surface area contributed by atoms with Gasteiger partial charge in [-0.2, -0.15) is 20.0 Å². The number of ether oxygens (including phenoxy) is 2. The van der Waals surface area contributed by atoms with E-state index >= 15 is 0 Å². The molecule has 3 heterocycles. The van der Waals surface area contributed by atoms with Crippen LogP contribution in [0.2, 0.25) is 5.02 Å². The Morgan fingerprint density at radius 3 is 2.62 bits per heavy atom. The highest BCUT2D eigenvalue weighted by Crippen LogP contribution is 2.38. The molecule has 0 bridgehead atoms. The second-order valence-corrected chi connectivity index (χ2v) is 13.2. The summed E-state index contributed by atoms with van der Waals surface area (Å²) in [6, 6.07) is 5.90. The molecule has 0 aliphatic carbocycles. The van der Waals surface area contributed by atoms with E-state index in [1.165, 1.54) is 17.8 Å². The van der Waals surface area contributed by atoms with Crippen molar-refractivity contribution in [3.63, 3.8) is 0 Å². The molecule has 2 aromatic heterocycles. The van der Waals surface area contributed by atoms with Crippen molar-refractivity contribution < 1.29 is 23.9 Å². The van der Waals surface area contributed by atoms with E-state index < -0.39 is 41.9 Å². The fourth-order valence-electron chi connectivity index (χ4n) is 5.74. The molecule has 9 N–H and O–H groups in total. The van der Waals surface area contributed by atoms with Gasteiger partial charge in [-0.05, 0) is 38.3 Å². The lowest BCUT2D eigenvalue weighted by molar-refractivity contribution is -0.137. The lowest BCUT2D eigenvalue weighted by Gasteiger charge is -2.40. The van der Waals surface area contributed by atoms with E-state index in [1.807, 2.05) is 17.9 Å². The number of guanidine groups is 1. The zero-order valence-electron chi connectivity index (χ0n) is 30.9. The Labute approximate surface area is 322 Å². The molecule has 1 aliphatic rings. The lowest BCUT2D eigenvalue weighted by atomic mass is 9.92. The summed E-state index contributed by atoms with van der Waals surface area (Å²) in [6.07, 6.45) is 1.78. The van der Waals surface area contributed by atoms with Gasteiger partial charge in [0.1, 0.15) is 11.8 Å². The summed E-state index contributed by atoms with van der Waals surface area (Å²) in [5.74, 6) is -2.09. The number of benzene rings is 1. The summed E-state index contributed by atoms with van der Waals surface area (Å²) >= 11 is 6.99. The normalized spacial score (nSPS) is 16.1. The molecule has 4 rings (SSSR count). The van der Waals surface area contributed by atoms with Gasteiger partial charge >= 0.3 is 12.1 Å². The third-order valence-electron chi connectivity index (χ3n) is 8.51. The van der Waals surface area contributed by atoms with Crippen LogP contribution >= 0.6 is 11.6 Å². The molecule has 2 amide bonds. The van der Waals surface area contributed by atoms with Gasteiger partial charge in [-0.1, -0.05) is 25.4 Å². The predicted molar refractivity (Wildman–Crippen MR) is 205 cm³/mol. The third-order valence-corrected chi connectivity index (χ3v) is 8.91. The molecule has 1 unspecified atom stereocenters. The lowest BCUT2D eigenvalue weighted by Crippen LogP contribution is -2.53. The fourth-order valence-corrected chi connectivity index (χ4v) is 6.02. The summed E-state index contributed by atoms with van der Waals surface area (Å²) in [5.41, 5.74) is 18.2. The number of piperidine rings is 1. The minimum atomic E-state index is -0.977. The first-order valence-corrected chi connectivity index (χ1v) is 17.8. The Morgan fingerprint density at radius 1 is 1.20 bits per heavy atom. The van der Waals surface area contributed by atoms with Crippen LogP contribution in [0.5, 0.6) is 0 Å². The standard InChI is InChI=1S/C34H44ClN15O5/c1-5-41-28-29-43-15-21(14-37)50(29)48-33(47-28)44-24-11-19(13-36)12-25(26(24)35)49-10-8-23(45-34(53)54-4)20(16-49)17-55-31(52)27(18(2)3)46-30(51)22(38)7-6-9-42-32(39)40/h11-12,15,18,20,22-23H,5-10,16-17,38H2,1-4H3,(H,45,53)(H4,39,40,42)(H2,41,44,47,48)/t20?,22-,23+/m0/s1. The Hall–Kier alpha value is -6.25. The highest BCUT2D eigenvalue weighted by atomic mass is 35.5. The first-order valence-electron chi connectivity index (χ1n) is 17.4. The smallest absolute Gasteiger partial charge is 0.407 e. The van der Waals surface area contributed by atoms with Gasteiger partial charge in [0.2, 0.25) is 5.95 Å². The van der Waals surface area contributed by atoms with Crippen molar-refractivity contribution in [1.29, 1.82) is 10.5 Å². The predicted octanol–water partition coefficient (Wildman–Crippen LogP) is 1.80. The number of hydrogen-bond donors (Lipinski definition) is 6. The first kappa shape index (κ1) is 41.5. The molecule has 3 atom stereocenters. The largest absolute Gasteiger partial charge is 0.461 e. The Morgan fingerprint density at radius 2 is 1.96 bits per heavy atom. The quantitative estimate of drug-likeness (QED) is 0.0555. The summed E-state index contributed by atoms with van der Waals surface area (Å²) < 4.78 is 11.9. The van der Waals surface area contributed by atoms with E-state index in [9.17, 15) is 24.9 Å². The van der Waals surface area contributed by atoms with E-state index in [4.69, 9.17) is 38.3 Å². The number of aliphatic imine (C=N–C) groups is 2. The fraction of sp³-hybridized carbons (Fsp3) is 0.471. The molecule has 21 heteroatoms. The van der Waals surface area contributed by atoms with Gasteiger partial charge in [-0.15, -0.1) is 5.10 Å². The summed E-state index contributed by atoms with van der Waals surface area (Å²) in [6.45, 7) is 6.50. The molecular formula is C34H44ClN15O5. The molecule has 0 saturated carbocycles. The van der Waals surface area contributed by atoms with E-state index in [1.54, 1.807) is 26.0 Å². The minimum Gasteiger partial charge on any atom is -0.461 e. The average molecular weight is 778 g/mol. The van der Waals surface area contributed by atoms with Gasteiger partial charge in [0.25, 0.3) is 5.91 Å². The number of alkyl carbamates (subject to hydrolysis) is 1. The number of methoxy groups -OCH3 is 1. The maximum Gasteiger partial charge on any atom is 0.407 e. The summed E-state index contributed by atoms with van der Waals surface area (Å²) in [5, 5.41) is 33.2. The van der Waals surface area contributed by atoms with Gasteiger partial charge in [-0.25, -0.2) is 19.6 Å². The number of aromatic nitrogens is 4. The van der Waals surface area contributed by atoms with Crippen LogP contribution in [0.4, 0.5) is 27.9 Å². The van der Waals surface area contributed by atoms with Crippen molar-refractivity contribution in [1.82, 2.24) is 24.9 Å². The Kier molecular flexibility index (Phi) is 14.5. The molecule has 1 fully saturated rings. The number of hydrogen-bond acceptors (Lipinski definition) is 15. The second kappa shape index (κ2) is 19.2. The number of halogens is 1. The molecule has 3 aromatic rings. The monoisotopic (exact) mass is 777 g/mol. The number of carbonyl (C=O) groups excluding carboxylic acids is 3. The maximum absolute atomic E-state index is 13.4. The van der Waals surface area contributed by atoms with Gasteiger partial charge in [0.05, 0.1) is 54.0 Å². The van der Waals surface area contributed by atoms with Crippen molar-refractivity contribution in [2.45, 2.75) is 52.1 Å². The second-order valence-electron chi connectivity index (χ2n) is 12.8. The number of amides is 2. The summed E-state index contributed by atoms with van der Waals surface area (Å²) in [7, 11) is 1.24. The van der Waals surface area contributed by atoms with Gasteiger partial charge in [0.15, 0.2) is 23.1 Å². The number of anilines is 4. The molecule has 292 valence electrons. The molecule has 1 aliphatic heterocycles. The Bertz CT molecular complexity index is 2030. The van der Waals surface area contributed by atoms with Crippen LogP contribution in [0, 0.1) is 34.5 Å². The van der Waals surface area contributed by atoms with Crippen LogP contribution in [0.15, 0.2) is 28.3 Å². The van der Waals surface area contributed by atoms with E-state index in [-0.39, 0.29) is 60.0 Å². The van der Waals surface area contributed by atoms with E-state index in [0.717, 1.165) is 0 Å². The van der Waals surface area contributed by atoms with Crippen molar-refractivity contribution >= 4 is 70.0 Å². The zero-order valence-corrected chi connectivity index (χ0v) is 31.6. The molecular weight excluding hydrogens is 734 g/mol. The van der Waals surface area contributed by atoms with Gasteiger partial charge < -0.3 is 47.5 Å². The molecule has 20 nitrogen and oxygen atoms in total. The van der Waals surface area contributed by atoms with Crippen LogP contribution in [0.3, 0.4) is 0 Å². The number of carbonyl (C=O) groups is 3. The number of nitrogens with one attached hydrogen (secondary N) is 3. The van der Waals surface area contributed by atoms with Crippen LogP contribution < -0.4 is 38.1 Å². The van der Waals surface area contributed by atoms with Gasteiger partial charge in [0, 0.05) is 44.1 Å². The minimum absolute atomic E-state index is 0.0705. The highest BCUT2D eigenvalue weighted by molar-refractivity contribution is 6.39. The highest BCUT2D eigenvalue weighted by Gasteiger charge is 2.34. The molecule has 1 aromatic carbocycles. The number of rotatable bonds is 15. The Balaban J connectivity index is 1.58. The van der Waals surface area contributed by atoms with E-state index in [0.29, 0.717) is 48.8 Å². The number of nitriles is 2. The molecule has 0 radical (unpaired) electrons. The van der Waals surface area contributed by atoms with E-state index in [2.05, 4.69) is 47.1 Å². The van der Waals surface area contributed by atoms with Crippen molar-refractivity contribution in [3.8, 4) is 12.1 Å². The van der Waals surface area contributed by atoms with Crippen LogP contribution in [-0.4, -0.2) is 101 Å². The van der Waals surface area contributed by atoms with Crippen molar-refractivity contribution in [2.24, 2.45) is 39.0 Å². The number of esters is 1. The first-order chi connectivity index (χ1) is 26.3. The van der Waals surface area contributed by atoms with Crippen molar-refractivity contribution in [2.75, 3.05) is 55.4 Å².